The topological polar surface area (TPSA) is 75.9 Å². The molecule has 0 saturated heterocycles. The van der Waals surface area contributed by atoms with E-state index in [1.54, 1.807) is 24.3 Å². The molecule has 0 aliphatic carbocycles. The highest BCUT2D eigenvalue weighted by atomic mass is 19.1. The molecule has 20 heavy (non-hydrogen) atoms. The molecule has 6 heteroatoms. The fraction of sp³-hybridized carbons (Fsp3) is 0.286. The van der Waals surface area contributed by atoms with Gasteiger partial charge in [0.15, 0.2) is 0 Å². The second-order valence-electron chi connectivity index (χ2n) is 4.39. The number of aromatic nitrogens is 2. The summed E-state index contributed by atoms with van der Waals surface area (Å²) >= 11 is 0. The number of nitrogens with two attached hydrogens (primary N) is 1. The molecule has 0 spiro atoms. The Hall–Kier alpha value is -2.21. The molecule has 0 unspecified atom stereocenters. The van der Waals surface area contributed by atoms with Crippen LogP contribution in [0.2, 0.25) is 0 Å². The molecule has 0 saturated carbocycles. The monoisotopic (exact) mass is 275 g/mol. The minimum atomic E-state index is -0.236. The number of hydrogen-bond acceptors (Lipinski definition) is 5. The first-order valence-electron chi connectivity index (χ1n) is 6.54. The molecule has 0 fully saturated rings. The minimum Gasteiger partial charge on any atom is -0.366 e. The molecule has 1 heterocycles. The van der Waals surface area contributed by atoms with Gasteiger partial charge in [-0.3, -0.25) is 0 Å². The van der Waals surface area contributed by atoms with Crippen LogP contribution in [0, 0.1) is 5.82 Å². The van der Waals surface area contributed by atoms with E-state index in [0.29, 0.717) is 29.6 Å². The lowest BCUT2D eigenvalue weighted by atomic mass is 10.2. The third-order valence-corrected chi connectivity index (χ3v) is 2.81. The lowest BCUT2D eigenvalue weighted by molar-refractivity contribution is 0.613. The van der Waals surface area contributed by atoms with Crippen molar-refractivity contribution in [2.75, 3.05) is 10.7 Å². The molecule has 0 atom stereocenters. The Labute approximate surface area is 117 Å². The molecular weight excluding hydrogens is 257 g/mol. The maximum absolute atomic E-state index is 13.5. The second kappa shape index (κ2) is 6.81. The smallest absolute Gasteiger partial charge is 0.145 e. The van der Waals surface area contributed by atoms with Crippen molar-refractivity contribution in [1.29, 1.82) is 0 Å². The van der Waals surface area contributed by atoms with Crippen LogP contribution >= 0.6 is 0 Å². The van der Waals surface area contributed by atoms with Gasteiger partial charge in [0.25, 0.3) is 0 Å². The first-order chi connectivity index (χ1) is 9.72. The summed E-state index contributed by atoms with van der Waals surface area (Å²) in [5, 5.41) is 3.09. The fourth-order valence-electron chi connectivity index (χ4n) is 1.82. The largest absolute Gasteiger partial charge is 0.366 e. The molecule has 4 N–H and O–H groups in total. The van der Waals surface area contributed by atoms with Crippen molar-refractivity contribution in [3.63, 3.8) is 0 Å². The van der Waals surface area contributed by atoms with Gasteiger partial charge in [0.1, 0.15) is 23.3 Å². The highest BCUT2D eigenvalue weighted by Gasteiger charge is 2.05. The summed E-state index contributed by atoms with van der Waals surface area (Å²) in [7, 11) is 0. The van der Waals surface area contributed by atoms with E-state index >= 15 is 0 Å². The summed E-state index contributed by atoms with van der Waals surface area (Å²) in [6.07, 6.45) is 1.71. The number of hydrogen-bond donors (Lipinski definition) is 3. The summed E-state index contributed by atoms with van der Waals surface area (Å²) in [6, 6.07) is 8.33. The maximum Gasteiger partial charge on any atom is 0.145 e. The van der Waals surface area contributed by atoms with Gasteiger partial charge in [-0.05, 0) is 12.5 Å². The van der Waals surface area contributed by atoms with Gasteiger partial charge in [0.2, 0.25) is 0 Å². The standard InChI is InChI=1S/C14H18FN5/c1-2-5-12-18-13(8-14(19-12)20-16)17-9-10-6-3-4-7-11(10)15/h3-4,6-8H,2,5,9,16H2,1H3,(H2,17,18,19,20). The number of aryl methyl sites for hydroxylation is 1. The van der Waals surface area contributed by atoms with E-state index in [0.717, 1.165) is 12.8 Å². The van der Waals surface area contributed by atoms with E-state index in [2.05, 4.69) is 27.6 Å². The Morgan fingerprint density at radius 1 is 1.20 bits per heavy atom. The zero-order chi connectivity index (χ0) is 14.4. The number of nitrogen functional groups attached to an aromatic ring is 1. The predicted octanol–water partition coefficient (Wildman–Crippen LogP) is 2.47. The van der Waals surface area contributed by atoms with E-state index < -0.39 is 0 Å². The number of anilines is 2. The predicted molar refractivity (Wildman–Crippen MR) is 77.6 cm³/mol. The first kappa shape index (κ1) is 14.2. The summed E-state index contributed by atoms with van der Waals surface area (Å²) in [4.78, 5) is 8.63. The lowest BCUT2D eigenvalue weighted by Gasteiger charge is -2.10. The van der Waals surface area contributed by atoms with Gasteiger partial charge in [-0.25, -0.2) is 20.2 Å². The van der Waals surface area contributed by atoms with Crippen molar-refractivity contribution in [2.45, 2.75) is 26.3 Å². The van der Waals surface area contributed by atoms with Crippen LogP contribution in [0.25, 0.3) is 0 Å². The average molecular weight is 275 g/mol. The maximum atomic E-state index is 13.5. The van der Waals surface area contributed by atoms with Crippen molar-refractivity contribution < 1.29 is 4.39 Å². The first-order valence-corrected chi connectivity index (χ1v) is 6.54. The number of nitrogens with zero attached hydrogens (tertiary/aromatic N) is 2. The molecule has 5 nitrogen and oxygen atoms in total. The molecule has 2 rings (SSSR count). The van der Waals surface area contributed by atoms with Gasteiger partial charge in [-0.15, -0.1) is 0 Å². The van der Waals surface area contributed by atoms with Crippen LogP contribution in [-0.2, 0) is 13.0 Å². The van der Waals surface area contributed by atoms with Gasteiger partial charge >= 0.3 is 0 Å². The molecule has 0 radical (unpaired) electrons. The summed E-state index contributed by atoms with van der Waals surface area (Å²) in [5.74, 6) is 7.02. The van der Waals surface area contributed by atoms with E-state index in [9.17, 15) is 4.39 Å². The van der Waals surface area contributed by atoms with Crippen LogP contribution in [0.15, 0.2) is 30.3 Å². The van der Waals surface area contributed by atoms with Crippen molar-refractivity contribution in [3.05, 3.63) is 47.5 Å². The van der Waals surface area contributed by atoms with Crippen LogP contribution in [0.1, 0.15) is 24.7 Å². The van der Waals surface area contributed by atoms with Crippen LogP contribution in [0.4, 0.5) is 16.0 Å². The SMILES string of the molecule is CCCc1nc(NN)cc(NCc2ccccc2F)n1. The Morgan fingerprint density at radius 2 is 1.95 bits per heavy atom. The number of halogens is 1. The van der Waals surface area contributed by atoms with Gasteiger partial charge in [-0.1, -0.05) is 25.1 Å². The molecule has 2 aromatic rings. The quantitative estimate of drug-likeness (QED) is 0.557. The molecule has 0 aliphatic heterocycles. The third kappa shape index (κ3) is 3.64. The zero-order valence-corrected chi connectivity index (χ0v) is 11.4. The van der Waals surface area contributed by atoms with Gasteiger partial charge in [-0.2, -0.15) is 0 Å². The fourth-order valence-corrected chi connectivity index (χ4v) is 1.82. The highest BCUT2D eigenvalue weighted by molar-refractivity contribution is 5.47. The van der Waals surface area contributed by atoms with Crippen LogP contribution in [-0.4, -0.2) is 9.97 Å². The van der Waals surface area contributed by atoms with Gasteiger partial charge in [0.05, 0.1) is 0 Å². The number of nitrogens with one attached hydrogen (secondary N) is 2. The number of hydrazine groups is 1. The Balaban J connectivity index is 2.12. The Morgan fingerprint density at radius 3 is 2.65 bits per heavy atom. The zero-order valence-electron chi connectivity index (χ0n) is 11.4. The van der Waals surface area contributed by atoms with E-state index in [-0.39, 0.29) is 5.82 Å². The van der Waals surface area contributed by atoms with E-state index in [4.69, 9.17) is 5.84 Å². The minimum absolute atomic E-state index is 0.236. The van der Waals surface area contributed by atoms with E-state index in [1.165, 1.54) is 6.07 Å². The normalized spacial score (nSPS) is 10.3. The summed E-state index contributed by atoms with van der Waals surface area (Å²) < 4.78 is 13.5. The van der Waals surface area contributed by atoms with E-state index in [1.807, 2.05) is 0 Å². The Kier molecular flexibility index (Phi) is 4.84. The molecule has 0 aliphatic rings. The van der Waals surface area contributed by atoms with Crippen molar-refractivity contribution >= 4 is 11.6 Å². The molecule has 0 amide bonds. The average Bonchev–Trinajstić information content (AvgIpc) is 2.46. The van der Waals surface area contributed by atoms with Crippen molar-refractivity contribution in [3.8, 4) is 0 Å². The van der Waals surface area contributed by atoms with Crippen molar-refractivity contribution in [1.82, 2.24) is 9.97 Å². The summed E-state index contributed by atoms with van der Waals surface area (Å²) in [6.45, 7) is 2.41. The molecular formula is C14H18FN5. The lowest BCUT2D eigenvalue weighted by Crippen LogP contribution is -2.12. The molecule has 106 valence electrons. The van der Waals surface area contributed by atoms with Crippen molar-refractivity contribution in [2.24, 2.45) is 5.84 Å². The number of rotatable bonds is 6. The van der Waals surface area contributed by atoms with Crippen LogP contribution in [0.3, 0.4) is 0 Å². The Bertz CT molecular complexity index is 573. The highest BCUT2D eigenvalue weighted by Crippen LogP contribution is 2.14. The van der Waals surface area contributed by atoms with Gasteiger partial charge < -0.3 is 10.7 Å². The van der Waals surface area contributed by atoms with Gasteiger partial charge in [0, 0.05) is 24.6 Å². The van der Waals surface area contributed by atoms with Crippen LogP contribution in [0.5, 0.6) is 0 Å². The second-order valence-corrected chi connectivity index (χ2v) is 4.39. The number of benzene rings is 1. The van der Waals surface area contributed by atoms with Crippen LogP contribution < -0.4 is 16.6 Å². The third-order valence-electron chi connectivity index (χ3n) is 2.81. The molecule has 0 bridgehead atoms. The molecule has 1 aromatic carbocycles. The molecule has 1 aromatic heterocycles. The summed E-state index contributed by atoms with van der Waals surface area (Å²) in [5.41, 5.74) is 3.10.